The van der Waals surface area contributed by atoms with Gasteiger partial charge in [-0.25, -0.2) is 0 Å². The summed E-state index contributed by atoms with van der Waals surface area (Å²) in [6, 6.07) is 9.30. The third-order valence-electron chi connectivity index (χ3n) is 4.44. The summed E-state index contributed by atoms with van der Waals surface area (Å²) in [4.78, 5) is 28.2. The summed E-state index contributed by atoms with van der Waals surface area (Å²) in [5.74, 6) is -0.0145. The number of carbonyl (C=O) groups excluding carboxylic acids is 2. The maximum atomic E-state index is 12.2. The quantitative estimate of drug-likeness (QED) is 0.839. The molecular weight excluding hydrogens is 354 g/mol. The molecule has 1 aromatic carbocycles. The Kier molecular flexibility index (Phi) is 6.30. The lowest BCUT2D eigenvalue weighted by Gasteiger charge is -2.34. The predicted molar refractivity (Wildman–Crippen MR) is 99.2 cm³/mol. The maximum Gasteiger partial charge on any atom is 0.257 e. The molecule has 0 saturated carbocycles. The van der Waals surface area contributed by atoms with Crippen LogP contribution in [0.1, 0.15) is 15.9 Å². The van der Waals surface area contributed by atoms with Gasteiger partial charge < -0.3 is 14.6 Å². The van der Waals surface area contributed by atoms with Crippen LogP contribution in [0.25, 0.3) is 0 Å². The van der Waals surface area contributed by atoms with Crippen LogP contribution in [0.15, 0.2) is 47.3 Å². The fourth-order valence-electron chi connectivity index (χ4n) is 2.93. The molecule has 3 rings (SSSR count). The van der Waals surface area contributed by atoms with Crippen molar-refractivity contribution in [3.8, 4) is 0 Å². The Balaban J connectivity index is 1.35. The van der Waals surface area contributed by atoms with Crippen LogP contribution >= 0.6 is 11.6 Å². The molecule has 2 heterocycles. The zero-order valence-corrected chi connectivity index (χ0v) is 15.2. The van der Waals surface area contributed by atoms with Crippen LogP contribution in [-0.4, -0.2) is 60.9 Å². The lowest BCUT2D eigenvalue weighted by atomic mass is 10.1. The number of furan rings is 1. The third kappa shape index (κ3) is 5.09. The van der Waals surface area contributed by atoms with E-state index in [1.165, 1.54) is 12.5 Å². The van der Waals surface area contributed by atoms with Crippen molar-refractivity contribution in [3.05, 3.63) is 59.0 Å². The molecule has 26 heavy (non-hydrogen) atoms. The lowest BCUT2D eigenvalue weighted by Crippen LogP contribution is -2.51. The number of nitrogens with zero attached hydrogens (tertiary/aromatic N) is 2. The van der Waals surface area contributed by atoms with Gasteiger partial charge in [-0.2, -0.15) is 0 Å². The molecule has 1 saturated heterocycles. The van der Waals surface area contributed by atoms with E-state index in [1.54, 1.807) is 11.0 Å². The van der Waals surface area contributed by atoms with Gasteiger partial charge in [0.25, 0.3) is 5.91 Å². The topological polar surface area (TPSA) is 65.8 Å². The van der Waals surface area contributed by atoms with Crippen LogP contribution in [0.2, 0.25) is 5.02 Å². The fourth-order valence-corrected chi connectivity index (χ4v) is 3.06. The van der Waals surface area contributed by atoms with E-state index in [1.807, 2.05) is 24.3 Å². The van der Waals surface area contributed by atoms with Gasteiger partial charge in [0.05, 0.1) is 18.4 Å². The monoisotopic (exact) mass is 375 g/mol. The van der Waals surface area contributed by atoms with E-state index in [0.29, 0.717) is 49.9 Å². The first kappa shape index (κ1) is 18.5. The van der Waals surface area contributed by atoms with Crippen molar-refractivity contribution in [2.45, 2.75) is 6.42 Å². The van der Waals surface area contributed by atoms with Crippen LogP contribution in [0, 0.1) is 0 Å². The molecule has 0 unspecified atom stereocenters. The second kappa shape index (κ2) is 8.87. The van der Waals surface area contributed by atoms with Gasteiger partial charge in [0.15, 0.2) is 0 Å². The Morgan fingerprint density at radius 2 is 1.81 bits per heavy atom. The highest BCUT2D eigenvalue weighted by atomic mass is 35.5. The van der Waals surface area contributed by atoms with E-state index < -0.39 is 0 Å². The highest BCUT2D eigenvalue weighted by molar-refractivity contribution is 6.30. The summed E-state index contributed by atoms with van der Waals surface area (Å²) in [5, 5.41) is 3.65. The molecule has 0 aliphatic carbocycles. The molecular formula is C19H22ClN3O3. The Morgan fingerprint density at radius 1 is 1.08 bits per heavy atom. The number of benzene rings is 1. The summed E-state index contributed by atoms with van der Waals surface area (Å²) >= 11 is 5.86. The van der Waals surface area contributed by atoms with E-state index in [0.717, 1.165) is 12.0 Å². The van der Waals surface area contributed by atoms with Crippen molar-refractivity contribution in [2.24, 2.45) is 0 Å². The molecule has 1 fully saturated rings. The normalized spacial score (nSPS) is 15.0. The standard InChI is InChI=1S/C19H22ClN3O3/c20-17-3-1-15(2-4-17)5-7-21-18(24)13-22-8-10-23(11-9-22)19(25)16-6-12-26-14-16/h1-4,6,12,14H,5,7-11,13H2,(H,21,24). The molecule has 0 radical (unpaired) electrons. The van der Waals surface area contributed by atoms with Crippen molar-refractivity contribution in [1.29, 1.82) is 0 Å². The van der Waals surface area contributed by atoms with Gasteiger partial charge >= 0.3 is 0 Å². The SMILES string of the molecule is O=C(CN1CCN(C(=O)c2ccoc2)CC1)NCCc1ccc(Cl)cc1. The first-order valence-corrected chi connectivity index (χ1v) is 9.04. The molecule has 1 aliphatic rings. The smallest absolute Gasteiger partial charge is 0.257 e. The zero-order valence-electron chi connectivity index (χ0n) is 14.5. The highest BCUT2D eigenvalue weighted by Gasteiger charge is 2.23. The molecule has 0 bridgehead atoms. The molecule has 0 atom stereocenters. The predicted octanol–water partition coefficient (Wildman–Crippen LogP) is 2.05. The van der Waals surface area contributed by atoms with Gasteiger partial charge in [-0.3, -0.25) is 14.5 Å². The number of rotatable bonds is 6. The van der Waals surface area contributed by atoms with Crippen LogP contribution < -0.4 is 5.32 Å². The summed E-state index contributed by atoms with van der Waals surface area (Å²) in [5.41, 5.74) is 1.71. The Labute approximate surface area is 157 Å². The number of amides is 2. The van der Waals surface area contributed by atoms with Crippen LogP contribution in [0.5, 0.6) is 0 Å². The Bertz CT molecular complexity index is 723. The zero-order chi connectivity index (χ0) is 18.4. The summed E-state index contributed by atoms with van der Waals surface area (Å²) in [6.45, 7) is 3.56. The number of halogens is 1. The minimum absolute atomic E-state index is 0.00794. The summed E-state index contributed by atoms with van der Waals surface area (Å²) in [6.07, 6.45) is 3.73. The second-order valence-corrected chi connectivity index (χ2v) is 6.74. The van der Waals surface area contributed by atoms with E-state index in [-0.39, 0.29) is 11.8 Å². The van der Waals surface area contributed by atoms with Gasteiger partial charge in [-0.15, -0.1) is 0 Å². The number of nitrogens with one attached hydrogen (secondary N) is 1. The maximum absolute atomic E-state index is 12.2. The Morgan fingerprint density at radius 3 is 2.46 bits per heavy atom. The summed E-state index contributed by atoms with van der Waals surface area (Å²) in [7, 11) is 0. The fraction of sp³-hybridized carbons (Fsp3) is 0.368. The van der Waals surface area contributed by atoms with Gasteiger partial charge in [0.2, 0.25) is 5.91 Å². The van der Waals surface area contributed by atoms with Crippen LogP contribution in [0.4, 0.5) is 0 Å². The molecule has 1 aliphatic heterocycles. The average Bonchev–Trinajstić information content (AvgIpc) is 3.18. The number of piperazine rings is 1. The first-order valence-electron chi connectivity index (χ1n) is 8.67. The first-order chi connectivity index (χ1) is 12.6. The van der Waals surface area contributed by atoms with Crippen molar-refractivity contribution < 1.29 is 14.0 Å². The van der Waals surface area contributed by atoms with E-state index >= 15 is 0 Å². The molecule has 1 N–H and O–H groups in total. The second-order valence-electron chi connectivity index (χ2n) is 6.31. The highest BCUT2D eigenvalue weighted by Crippen LogP contribution is 2.10. The van der Waals surface area contributed by atoms with E-state index in [4.69, 9.17) is 16.0 Å². The Hall–Kier alpha value is -2.31. The van der Waals surface area contributed by atoms with Gasteiger partial charge in [0, 0.05) is 37.7 Å². The summed E-state index contributed by atoms with van der Waals surface area (Å²) < 4.78 is 4.96. The third-order valence-corrected chi connectivity index (χ3v) is 4.70. The van der Waals surface area contributed by atoms with E-state index in [9.17, 15) is 9.59 Å². The van der Waals surface area contributed by atoms with Crippen LogP contribution in [-0.2, 0) is 11.2 Å². The minimum atomic E-state index is -0.0224. The number of carbonyl (C=O) groups is 2. The van der Waals surface area contributed by atoms with Crippen molar-refractivity contribution in [3.63, 3.8) is 0 Å². The molecule has 1 aromatic heterocycles. The molecule has 6 nitrogen and oxygen atoms in total. The molecule has 2 amide bonds. The minimum Gasteiger partial charge on any atom is -0.472 e. The van der Waals surface area contributed by atoms with Gasteiger partial charge in [-0.1, -0.05) is 23.7 Å². The average molecular weight is 376 g/mol. The van der Waals surface area contributed by atoms with Crippen molar-refractivity contribution in [2.75, 3.05) is 39.3 Å². The molecule has 7 heteroatoms. The molecule has 138 valence electrons. The number of hydrogen-bond donors (Lipinski definition) is 1. The largest absolute Gasteiger partial charge is 0.472 e. The lowest BCUT2D eigenvalue weighted by molar-refractivity contribution is -0.122. The van der Waals surface area contributed by atoms with Crippen molar-refractivity contribution >= 4 is 23.4 Å². The van der Waals surface area contributed by atoms with Gasteiger partial charge in [-0.05, 0) is 30.2 Å². The van der Waals surface area contributed by atoms with Crippen LogP contribution in [0.3, 0.4) is 0 Å². The molecule has 0 spiro atoms. The molecule has 2 aromatic rings. The van der Waals surface area contributed by atoms with Gasteiger partial charge in [0.1, 0.15) is 6.26 Å². The number of hydrogen-bond acceptors (Lipinski definition) is 4. The van der Waals surface area contributed by atoms with Crippen molar-refractivity contribution in [1.82, 2.24) is 15.1 Å². The van der Waals surface area contributed by atoms with E-state index in [2.05, 4.69) is 10.2 Å².